The Kier molecular flexibility index (Phi) is 3.54. The molecule has 0 atom stereocenters. The molecule has 2 rings (SSSR count). The molecule has 4 nitrogen and oxygen atoms in total. The fourth-order valence-corrected chi connectivity index (χ4v) is 3.11. The minimum atomic E-state index is -3.45. The van der Waals surface area contributed by atoms with E-state index in [0.29, 0.717) is 19.0 Å². The van der Waals surface area contributed by atoms with E-state index in [9.17, 15) is 4.57 Å². The third-order valence-electron chi connectivity index (χ3n) is 2.92. The van der Waals surface area contributed by atoms with Crippen molar-refractivity contribution in [3.8, 4) is 5.75 Å². The van der Waals surface area contributed by atoms with Gasteiger partial charge in [0.05, 0.1) is 13.2 Å². The zero-order valence-electron chi connectivity index (χ0n) is 11.2. The minimum absolute atomic E-state index is 0.125. The van der Waals surface area contributed by atoms with Crippen molar-refractivity contribution in [2.24, 2.45) is 5.41 Å². The summed E-state index contributed by atoms with van der Waals surface area (Å²) in [6.07, 6.45) is 0. The first kappa shape index (κ1) is 13.6. The maximum Gasteiger partial charge on any atom is 0.530 e. The van der Waals surface area contributed by atoms with Crippen LogP contribution in [0.2, 0.25) is 0 Å². The lowest BCUT2D eigenvalue weighted by Gasteiger charge is -2.32. The summed E-state index contributed by atoms with van der Waals surface area (Å²) in [4.78, 5) is 0. The first-order valence-corrected chi connectivity index (χ1v) is 7.42. The number of rotatable bonds is 2. The topological polar surface area (TPSA) is 44.8 Å². The summed E-state index contributed by atoms with van der Waals surface area (Å²) in [5.74, 6) is 0.515. The molecule has 1 aliphatic rings. The van der Waals surface area contributed by atoms with Gasteiger partial charge in [-0.3, -0.25) is 9.05 Å². The molecule has 0 bridgehead atoms. The summed E-state index contributed by atoms with van der Waals surface area (Å²) < 4.78 is 28.1. The molecule has 1 heterocycles. The van der Waals surface area contributed by atoms with Crippen LogP contribution in [0.25, 0.3) is 0 Å². The van der Waals surface area contributed by atoms with Crippen molar-refractivity contribution in [2.45, 2.75) is 27.7 Å². The molecule has 0 aromatic heterocycles. The second kappa shape index (κ2) is 4.69. The Hall–Kier alpha value is -0.830. The third kappa shape index (κ3) is 3.14. The van der Waals surface area contributed by atoms with Gasteiger partial charge in [0.15, 0.2) is 0 Å². The van der Waals surface area contributed by atoms with Crippen LogP contribution in [0.3, 0.4) is 0 Å². The SMILES string of the molecule is Cc1ccc(OP2(=O)OCC(C)(C)CO2)cc1C. The Morgan fingerprint density at radius 2 is 1.78 bits per heavy atom. The van der Waals surface area contributed by atoms with Crippen LogP contribution in [0.15, 0.2) is 18.2 Å². The van der Waals surface area contributed by atoms with Gasteiger partial charge in [0.1, 0.15) is 5.75 Å². The Morgan fingerprint density at radius 1 is 1.17 bits per heavy atom. The van der Waals surface area contributed by atoms with E-state index >= 15 is 0 Å². The monoisotopic (exact) mass is 270 g/mol. The molecule has 1 saturated heterocycles. The lowest BCUT2D eigenvalue weighted by molar-refractivity contribution is 0.0182. The van der Waals surface area contributed by atoms with Crippen LogP contribution >= 0.6 is 7.82 Å². The van der Waals surface area contributed by atoms with Crippen LogP contribution in [0.1, 0.15) is 25.0 Å². The Labute approximate surface area is 108 Å². The number of aryl methyl sites for hydroxylation is 2. The summed E-state index contributed by atoms with van der Waals surface area (Å²) >= 11 is 0. The highest BCUT2D eigenvalue weighted by Crippen LogP contribution is 2.54. The number of benzene rings is 1. The predicted octanol–water partition coefficient (Wildman–Crippen LogP) is 3.86. The van der Waals surface area contributed by atoms with Gasteiger partial charge >= 0.3 is 7.82 Å². The van der Waals surface area contributed by atoms with Crippen LogP contribution in [0, 0.1) is 19.3 Å². The van der Waals surface area contributed by atoms with Crippen molar-refractivity contribution >= 4 is 7.82 Å². The van der Waals surface area contributed by atoms with E-state index in [1.54, 1.807) is 6.07 Å². The van der Waals surface area contributed by atoms with Gasteiger partial charge in [-0.15, -0.1) is 0 Å². The molecule has 0 saturated carbocycles. The van der Waals surface area contributed by atoms with Crippen LogP contribution in [-0.4, -0.2) is 13.2 Å². The first-order chi connectivity index (χ1) is 8.30. The summed E-state index contributed by atoms with van der Waals surface area (Å²) in [6, 6.07) is 5.53. The fourth-order valence-electron chi connectivity index (χ4n) is 1.54. The number of phosphoric ester groups is 1. The van der Waals surface area contributed by atoms with Crippen LogP contribution in [-0.2, 0) is 13.6 Å². The van der Waals surface area contributed by atoms with Crippen molar-refractivity contribution in [1.29, 1.82) is 0 Å². The molecule has 0 aliphatic carbocycles. The average molecular weight is 270 g/mol. The molecule has 1 aromatic carbocycles. The van der Waals surface area contributed by atoms with E-state index in [0.717, 1.165) is 11.1 Å². The van der Waals surface area contributed by atoms with E-state index in [1.807, 2.05) is 39.8 Å². The molecule has 18 heavy (non-hydrogen) atoms. The largest absolute Gasteiger partial charge is 0.530 e. The molecule has 1 aromatic rings. The Bertz CT molecular complexity index is 482. The highest BCUT2D eigenvalue weighted by molar-refractivity contribution is 7.49. The van der Waals surface area contributed by atoms with Crippen LogP contribution in [0.5, 0.6) is 5.75 Å². The lowest BCUT2D eigenvalue weighted by atomic mass is 9.97. The first-order valence-electron chi connectivity index (χ1n) is 5.96. The van der Waals surface area contributed by atoms with Gasteiger partial charge < -0.3 is 4.52 Å². The van der Waals surface area contributed by atoms with E-state index in [1.165, 1.54) is 0 Å². The third-order valence-corrected chi connectivity index (χ3v) is 4.25. The van der Waals surface area contributed by atoms with Gasteiger partial charge in [-0.05, 0) is 37.1 Å². The Balaban J connectivity index is 2.09. The molecule has 0 amide bonds. The van der Waals surface area contributed by atoms with Crippen LogP contribution in [0.4, 0.5) is 0 Å². The average Bonchev–Trinajstić information content (AvgIpc) is 2.29. The summed E-state index contributed by atoms with van der Waals surface area (Å²) in [6.45, 7) is 8.71. The molecule has 1 aliphatic heterocycles. The van der Waals surface area contributed by atoms with E-state index in [4.69, 9.17) is 13.6 Å². The smallest absolute Gasteiger partial charge is 0.404 e. The lowest BCUT2D eigenvalue weighted by Crippen LogP contribution is -2.30. The molecule has 0 N–H and O–H groups in total. The number of phosphoric acid groups is 1. The van der Waals surface area contributed by atoms with E-state index in [2.05, 4.69) is 0 Å². The minimum Gasteiger partial charge on any atom is -0.404 e. The highest BCUT2D eigenvalue weighted by atomic mass is 31.2. The van der Waals surface area contributed by atoms with Crippen molar-refractivity contribution in [3.63, 3.8) is 0 Å². The maximum absolute atomic E-state index is 12.2. The number of hydrogen-bond donors (Lipinski definition) is 0. The molecular formula is C13H19O4P. The summed E-state index contributed by atoms with van der Waals surface area (Å²) in [7, 11) is -3.45. The maximum atomic E-state index is 12.2. The molecular weight excluding hydrogens is 251 g/mol. The van der Waals surface area contributed by atoms with Crippen molar-refractivity contribution in [2.75, 3.05) is 13.2 Å². The van der Waals surface area contributed by atoms with Crippen molar-refractivity contribution in [3.05, 3.63) is 29.3 Å². The normalized spacial score (nSPS) is 21.6. The Morgan fingerprint density at radius 3 is 2.33 bits per heavy atom. The van der Waals surface area contributed by atoms with Crippen LogP contribution < -0.4 is 4.52 Å². The van der Waals surface area contributed by atoms with E-state index in [-0.39, 0.29) is 5.41 Å². The fraction of sp³-hybridized carbons (Fsp3) is 0.538. The molecule has 5 heteroatoms. The second-order valence-electron chi connectivity index (χ2n) is 5.50. The zero-order chi connectivity index (χ0) is 13.4. The molecule has 0 spiro atoms. The molecule has 100 valence electrons. The van der Waals surface area contributed by atoms with E-state index < -0.39 is 7.82 Å². The van der Waals surface area contributed by atoms with Crippen molar-refractivity contribution < 1.29 is 18.1 Å². The molecule has 0 unspecified atom stereocenters. The highest BCUT2D eigenvalue weighted by Gasteiger charge is 2.39. The van der Waals surface area contributed by atoms with Crippen molar-refractivity contribution in [1.82, 2.24) is 0 Å². The van der Waals surface area contributed by atoms with Gasteiger partial charge in [0.2, 0.25) is 0 Å². The summed E-state index contributed by atoms with van der Waals surface area (Å²) in [5.41, 5.74) is 2.11. The zero-order valence-corrected chi connectivity index (χ0v) is 12.1. The quantitative estimate of drug-likeness (QED) is 0.765. The van der Waals surface area contributed by atoms with Gasteiger partial charge in [-0.2, -0.15) is 0 Å². The predicted molar refractivity (Wildman–Crippen MR) is 69.8 cm³/mol. The number of hydrogen-bond acceptors (Lipinski definition) is 4. The second-order valence-corrected chi connectivity index (χ2v) is 7.09. The van der Waals surface area contributed by atoms with Gasteiger partial charge in [-0.1, -0.05) is 19.9 Å². The molecule has 1 fully saturated rings. The van der Waals surface area contributed by atoms with Gasteiger partial charge in [-0.25, -0.2) is 4.57 Å². The van der Waals surface area contributed by atoms with Gasteiger partial charge in [0.25, 0.3) is 0 Å². The summed E-state index contributed by atoms with van der Waals surface area (Å²) in [5, 5.41) is 0. The standard InChI is InChI=1S/C13H19O4P/c1-10-5-6-12(7-11(10)2)17-18(14)15-8-13(3,4)9-16-18/h5-7H,8-9H2,1-4H3. The van der Waals surface area contributed by atoms with Gasteiger partial charge in [0, 0.05) is 5.41 Å². The molecule has 0 radical (unpaired) electrons.